The molecule has 8 heteroatoms. The first-order valence-corrected chi connectivity index (χ1v) is 8.42. The standard InChI is InChI=1S/C13H16F3NO3S/c1-21(18,19)12-4-2-3-10(12)17-8-5-6-11(9(14)7-8)20-13(15)16/h5-7,10,12-13,17H,2-4H2,1H3. The quantitative estimate of drug-likeness (QED) is 0.905. The number of halogens is 3. The van der Waals surface area contributed by atoms with Crippen LogP contribution in [-0.4, -0.2) is 32.6 Å². The molecule has 2 atom stereocenters. The maximum Gasteiger partial charge on any atom is 0.387 e. The molecular formula is C13H16F3NO3S. The van der Waals surface area contributed by atoms with Gasteiger partial charge >= 0.3 is 6.61 Å². The Bertz CT molecular complexity index is 607. The Balaban J connectivity index is 2.11. The highest BCUT2D eigenvalue weighted by molar-refractivity contribution is 7.91. The van der Waals surface area contributed by atoms with Crippen molar-refractivity contribution in [3.63, 3.8) is 0 Å². The van der Waals surface area contributed by atoms with Crippen LogP contribution in [0, 0.1) is 5.82 Å². The molecule has 0 saturated heterocycles. The Hall–Kier alpha value is -1.44. The molecule has 0 spiro atoms. The Kier molecular flexibility index (Phi) is 4.65. The summed E-state index contributed by atoms with van der Waals surface area (Å²) in [5.74, 6) is -1.46. The minimum absolute atomic E-state index is 0.304. The Morgan fingerprint density at radius 2 is 2.05 bits per heavy atom. The van der Waals surface area contributed by atoms with Gasteiger partial charge in [0.1, 0.15) is 0 Å². The molecule has 118 valence electrons. The number of nitrogens with one attached hydrogen (secondary N) is 1. The molecule has 21 heavy (non-hydrogen) atoms. The smallest absolute Gasteiger partial charge is 0.387 e. The Morgan fingerprint density at radius 1 is 1.33 bits per heavy atom. The van der Waals surface area contributed by atoms with Gasteiger partial charge in [0.25, 0.3) is 0 Å². The van der Waals surface area contributed by atoms with Crippen LogP contribution in [0.25, 0.3) is 0 Å². The maximum absolute atomic E-state index is 13.6. The first-order valence-electron chi connectivity index (χ1n) is 6.47. The molecule has 2 rings (SSSR count). The molecule has 0 radical (unpaired) electrons. The lowest BCUT2D eigenvalue weighted by Gasteiger charge is -2.21. The van der Waals surface area contributed by atoms with Crippen LogP contribution in [0.2, 0.25) is 0 Å². The average molecular weight is 323 g/mol. The summed E-state index contributed by atoms with van der Waals surface area (Å²) in [5.41, 5.74) is 0.342. The second-order valence-corrected chi connectivity index (χ2v) is 7.34. The van der Waals surface area contributed by atoms with E-state index in [1.54, 1.807) is 0 Å². The van der Waals surface area contributed by atoms with E-state index in [2.05, 4.69) is 10.1 Å². The van der Waals surface area contributed by atoms with Gasteiger partial charge in [0.05, 0.1) is 5.25 Å². The Labute approximate surface area is 121 Å². The molecule has 2 unspecified atom stereocenters. The summed E-state index contributed by atoms with van der Waals surface area (Å²) in [6, 6.07) is 3.20. The predicted molar refractivity (Wildman–Crippen MR) is 72.9 cm³/mol. The maximum atomic E-state index is 13.6. The first-order chi connectivity index (χ1) is 9.77. The van der Waals surface area contributed by atoms with Gasteiger partial charge in [-0.15, -0.1) is 0 Å². The summed E-state index contributed by atoms with van der Waals surface area (Å²) in [4.78, 5) is 0. The van der Waals surface area contributed by atoms with E-state index >= 15 is 0 Å². The number of hydrogen-bond donors (Lipinski definition) is 1. The largest absolute Gasteiger partial charge is 0.432 e. The first kappa shape index (κ1) is 15.9. The van der Waals surface area contributed by atoms with Gasteiger partial charge in [0, 0.05) is 24.1 Å². The Morgan fingerprint density at radius 3 is 2.62 bits per heavy atom. The number of rotatable bonds is 5. The summed E-state index contributed by atoms with van der Waals surface area (Å²) < 4.78 is 65.0. The van der Waals surface area contributed by atoms with Gasteiger partial charge < -0.3 is 10.1 Å². The summed E-state index contributed by atoms with van der Waals surface area (Å²) in [7, 11) is -3.19. The predicted octanol–water partition coefficient (Wildman–Crippen LogP) is 2.80. The van der Waals surface area contributed by atoms with Crippen LogP contribution < -0.4 is 10.1 Å². The van der Waals surface area contributed by atoms with Gasteiger partial charge in [0.15, 0.2) is 21.4 Å². The van der Waals surface area contributed by atoms with Crippen LogP contribution in [0.5, 0.6) is 5.75 Å². The molecule has 0 amide bonds. The third-order valence-corrected chi connectivity index (χ3v) is 5.17. The second kappa shape index (κ2) is 6.13. The third kappa shape index (κ3) is 4.03. The van der Waals surface area contributed by atoms with Crippen molar-refractivity contribution in [2.24, 2.45) is 0 Å². The molecule has 0 bridgehead atoms. The van der Waals surface area contributed by atoms with Crippen molar-refractivity contribution in [2.75, 3.05) is 11.6 Å². The van der Waals surface area contributed by atoms with E-state index in [4.69, 9.17) is 0 Å². The second-order valence-electron chi connectivity index (χ2n) is 5.07. The van der Waals surface area contributed by atoms with E-state index in [-0.39, 0.29) is 6.04 Å². The van der Waals surface area contributed by atoms with Crippen molar-refractivity contribution in [3.05, 3.63) is 24.0 Å². The van der Waals surface area contributed by atoms with Crippen molar-refractivity contribution in [3.8, 4) is 5.75 Å². The molecule has 1 aromatic rings. The van der Waals surface area contributed by atoms with Crippen LogP contribution in [0.15, 0.2) is 18.2 Å². The topological polar surface area (TPSA) is 55.4 Å². The SMILES string of the molecule is CS(=O)(=O)C1CCCC1Nc1ccc(OC(F)F)c(F)c1. The normalized spacial score (nSPS) is 22.5. The van der Waals surface area contributed by atoms with Crippen molar-refractivity contribution in [2.45, 2.75) is 37.2 Å². The summed E-state index contributed by atoms with van der Waals surface area (Å²) >= 11 is 0. The number of alkyl halides is 2. The number of hydrogen-bond acceptors (Lipinski definition) is 4. The summed E-state index contributed by atoms with van der Waals surface area (Å²) in [6.45, 7) is -3.09. The van der Waals surface area contributed by atoms with Crippen LogP contribution in [0.1, 0.15) is 19.3 Å². The lowest BCUT2D eigenvalue weighted by molar-refractivity contribution is -0.0521. The van der Waals surface area contributed by atoms with Crippen molar-refractivity contribution in [1.82, 2.24) is 0 Å². The molecule has 1 aliphatic rings. The molecule has 1 fully saturated rings. The van der Waals surface area contributed by atoms with Crippen LogP contribution in [-0.2, 0) is 9.84 Å². The molecule has 1 N–H and O–H groups in total. The number of ether oxygens (including phenoxy) is 1. The minimum Gasteiger partial charge on any atom is -0.432 e. The van der Waals surface area contributed by atoms with E-state index in [9.17, 15) is 21.6 Å². The van der Waals surface area contributed by atoms with Crippen LogP contribution >= 0.6 is 0 Å². The number of anilines is 1. The lowest BCUT2D eigenvalue weighted by atomic mass is 10.2. The lowest BCUT2D eigenvalue weighted by Crippen LogP contribution is -2.34. The fourth-order valence-electron chi connectivity index (χ4n) is 2.60. The number of benzene rings is 1. The highest BCUT2D eigenvalue weighted by Gasteiger charge is 2.34. The van der Waals surface area contributed by atoms with E-state index in [0.717, 1.165) is 18.6 Å². The average Bonchev–Trinajstić information content (AvgIpc) is 2.80. The summed E-state index contributed by atoms with van der Waals surface area (Å²) in [6.07, 6.45) is 3.17. The van der Waals surface area contributed by atoms with Gasteiger partial charge in [0.2, 0.25) is 0 Å². The molecule has 1 aromatic carbocycles. The highest BCUT2D eigenvalue weighted by atomic mass is 32.2. The molecule has 0 aromatic heterocycles. The van der Waals surface area contributed by atoms with E-state index in [0.29, 0.717) is 18.5 Å². The van der Waals surface area contributed by atoms with Crippen LogP contribution in [0.4, 0.5) is 18.9 Å². The minimum atomic E-state index is -3.19. The zero-order valence-corrected chi connectivity index (χ0v) is 12.2. The molecule has 4 nitrogen and oxygen atoms in total. The van der Waals surface area contributed by atoms with E-state index in [1.807, 2.05) is 0 Å². The zero-order valence-electron chi connectivity index (χ0n) is 11.4. The van der Waals surface area contributed by atoms with E-state index < -0.39 is 33.3 Å². The zero-order chi connectivity index (χ0) is 15.6. The van der Waals surface area contributed by atoms with Crippen molar-refractivity contribution >= 4 is 15.5 Å². The molecular weight excluding hydrogens is 307 g/mol. The molecule has 1 aliphatic carbocycles. The van der Waals surface area contributed by atoms with Crippen molar-refractivity contribution < 1.29 is 26.3 Å². The van der Waals surface area contributed by atoms with Gasteiger partial charge in [-0.25, -0.2) is 12.8 Å². The van der Waals surface area contributed by atoms with Gasteiger partial charge in [-0.3, -0.25) is 0 Å². The van der Waals surface area contributed by atoms with Crippen molar-refractivity contribution in [1.29, 1.82) is 0 Å². The van der Waals surface area contributed by atoms with Gasteiger partial charge in [-0.1, -0.05) is 0 Å². The van der Waals surface area contributed by atoms with Gasteiger partial charge in [-0.2, -0.15) is 8.78 Å². The molecule has 1 saturated carbocycles. The number of sulfone groups is 1. The summed E-state index contributed by atoms with van der Waals surface area (Å²) in [5, 5.41) is 2.44. The van der Waals surface area contributed by atoms with Gasteiger partial charge in [-0.05, 0) is 31.4 Å². The third-order valence-electron chi connectivity index (χ3n) is 3.50. The fraction of sp³-hybridized carbons (Fsp3) is 0.538. The molecule has 0 aliphatic heterocycles. The van der Waals surface area contributed by atoms with Crippen LogP contribution in [0.3, 0.4) is 0 Å². The monoisotopic (exact) mass is 323 g/mol. The fourth-order valence-corrected chi connectivity index (χ4v) is 4.00. The van der Waals surface area contributed by atoms with E-state index in [1.165, 1.54) is 12.3 Å². The highest BCUT2D eigenvalue weighted by Crippen LogP contribution is 2.29. The molecule has 0 heterocycles.